The van der Waals surface area contributed by atoms with Crippen LogP contribution >= 0.6 is 23.2 Å². The molecule has 1 aromatic carbocycles. The van der Waals surface area contributed by atoms with E-state index in [1.807, 2.05) is 0 Å². The van der Waals surface area contributed by atoms with Gasteiger partial charge in [-0.15, -0.1) is 0 Å². The molecule has 0 atom stereocenters. The van der Waals surface area contributed by atoms with E-state index < -0.39 is 19.1 Å². The van der Waals surface area contributed by atoms with Gasteiger partial charge in [0.05, 0.1) is 11.6 Å². The first-order chi connectivity index (χ1) is 12.4. The Morgan fingerprint density at radius 2 is 2.04 bits per heavy atom. The van der Waals surface area contributed by atoms with Crippen LogP contribution in [0, 0.1) is 0 Å². The summed E-state index contributed by atoms with van der Waals surface area (Å²) in [4.78, 5) is 20.2. The maximum atomic E-state index is 13.1. The fourth-order valence-corrected chi connectivity index (χ4v) is 2.91. The molecule has 0 saturated carbocycles. The number of anilines is 1. The Hall–Kier alpha value is -2.25. The molecule has 2 aromatic rings. The van der Waals surface area contributed by atoms with Gasteiger partial charge in [0.25, 0.3) is 6.43 Å². The number of amidine groups is 1. The van der Waals surface area contributed by atoms with Crippen LogP contribution in [0.25, 0.3) is 0 Å². The van der Waals surface area contributed by atoms with E-state index in [1.165, 1.54) is 4.90 Å². The smallest absolute Gasteiger partial charge is 0.435 e. The summed E-state index contributed by atoms with van der Waals surface area (Å²) in [6.45, 7) is -0.750. The second kappa shape index (κ2) is 7.97. The summed E-state index contributed by atoms with van der Waals surface area (Å²) in [6, 6.07) is 8.68. The molecule has 0 saturated heterocycles. The predicted octanol–water partition coefficient (Wildman–Crippen LogP) is 4.60. The lowest BCUT2D eigenvalue weighted by Crippen LogP contribution is -2.36. The molecule has 0 spiro atoms. The quantitative estimate of drug-likeness (QED) is 0.689. The lowest BCUT2D eigenvalue weighted by Gasteiger charge is -2.25. The van der Waals surface area contributed by atoms with Crippen LogP contribution in [0.5, 0.6) is 0 Å². The first-order valence-electron chi connectivity index (χ1n) is 7.62. The lowest BCUT2D eigenvalue weighted by atomic mass is 10.0. The predicted molar refractivity (Wildman–Crippen MR) is 95.6 cm³/mol. The molecule has 1 aliphatic heterocycles. The molecule has 136 valence electrons. The highest BCUT2D eigenvalue weighted by atomic mass is 35.5. The lowest BCUT2D eigenvalue weighted by molar-refractivity contribution is 0.158. The summed E-state index contributed by atoms with van der Waals surface area (Å²) in [6.07, 6.45) is -1.44. The third kappa shape index (κ3) is 4.28. The molecule has 0 aliphatic carbocycles. The zero-order valence-corrected chi connectivity index (χ0v) is 14.8. The van der Waals surface area contributed by atoms with Gasteiger partial charge in [0.15, 0.2) is 12.4 Å². The van der Waals surface area contributed by atoms with Crippen molar-refractivity contribution in [1.82, 2.24) is 4.98 Å². The molecule has 0 fully saturated rings. The second-order valence-corrected chi connectivity index (χ2v) is 6.27. The molecular weight excluding hydrogens is 387 g/mol. The Bertz CT molecular complexity index is 862. The molecule has 0 unspecified atom stereocenters. The topological polar surface area (TPSA) is 54.8 Å². The number of para-hydroxylation sites is 1. The number of benzene rings is 1. The summed E-state index contributed by atoms with van der Waals surface area (Å²) in [5, 5.41) is 0.504. The van der Waals surface area contributed by atoms with Crippen LogP contribution in [0.3, 0.4) is 0 Å². The number of rotatable bonds is 5. The Morgan fingerprint density at radius 3 is 2.69 bits per heavy atom. The number of amides is 1. The van der Waals surface area contributed by atoms with E-state index in [-0.39, 0.29) is 17.6 Å². The van der Waals surface area contributed by atoms with Crippen LogP contribution in [0.15, 0.2) is 41.5 Å². The van der Waals surface area contributed by atoms with Crippen LogP contribution in [-0.2, 0) is 11.2 Å². The maximum Gasteiger partial charge on any atom is 0.435 e. The van der Waals surface area contributed by atoms with Gasteiger partial charge < -0.3 is 9.64 Å². The van der Waals surface area contributed by atoms with Gasteiger partial charge in [0, 0.05) is 18.3 Å². The fraction of sp³-hybridized carbons (Fsp3) is 0.235. The van der Waals surface area contributed by atoms with Crippen LogP contribution in [0.2, 0.25) is 10.2 Å². The largest absolute Gasteiger partial charge is 0.440 e. The summed E-state index contributed by atoms with van der Waals surface area (Å²) < 4.78 is 31.0. The van der Waals surface area contributed by atoms with Gasteiger partial charge in [-0.25, -0.2) is 18.6 Å². The molecule has 1 amide bonds. The molecule has 0 bridgehead atoms. The van der Waals surface area contributed by atoms with Crippen molar-refractivity contribution in [3.8, 4) is 0 Å². The number of pyridine rings is 1. The Morgan fingerprint density at radius 1 is 1.27 bits per heavy atom. The molecule has 26 heavy (non-hydrogen) atoms. The number of carbonyl (C=O) groups is 1. The number of carbonyl (C=O) groups excluding carboxylic acids is 1. The average molecular weight is 400 g/mol. The minimum Gasteiger partial charge on any atom is -0.440 e. The van der Waals surface area contributed by atoms with Crippen molar-refractivity contribution in [3.63, 3.8) is 0 Å². The highest BCUT2D eigenvalue weighted by molar-refractivity contribution is 6.41. The third-order valence-electron chi connectivity index (χ3n) is 3.71. The normalized spacial score (nSPS) is 13.7. The number of aromatic nitrogens is 1. The minimum absolute atomic E-state index is 0.145. The van der Waals surface area contributed by atoms with Crippen LogP contribution in [0.4, 0.5) is 19.3 Å². The van der Waals surface area contributed by atoms with E-state index in [0.29, 0.717) is 17.1 Å². The van der Waals surface area contributed by atoms with E-state index in [2.05, 4.69) is 9.98 Å². The van der Waals surface area contributed by atoms with Crippen molar-refractivity contribution in [2.24, 2.45) is 4.99 Å². The first kappa shape index (κ1) is 18.5. The molecule has 0 radical (unpaired) electrons. The van der Waals surface area contributed by atoms with Crippen LogP contribution in [0.1, 0.15) is 11.1 Å². The van der Waals surface area contributed by atoms with E-state index in [0.717, 1.165) is 11.1 Å². The number of halogens is 4. The molecular formula is C17H13Cl2F2N3O2. The van der Waals surface area contributed by atoms with E-state index in [1.54, 1.807) is 36.5 Å². The number of alkyl halides is 2. The first-order valence-corrected chi connectivity index (χ1v) is 8.37. The number of cyclic esters (lactones) is 1. The van der Waals surface area contributed by atoms with Gasteiger partial charge in [-0.3, -0.25) is 0 Å². The standard InChI is InChI=1S/C17H13Cl2F2N3O2/c18-12-6-10(7-22-16(12)19)5-11-3-1-2-4-13(11)24(8-14(20)21)15-9-26-17(25)23-15/h1-4,6-7,14H,5,8-9H2. The summed E-state index contributed by atoms with van der Waals surface area (Å²) in [5.74, 6) is 0.148. The number of ether oxygens (including phenoxy) is 1. The minimum atomic E-state index is -2.62. The number of nitrogens with zero attached hydrogens (tertiary/aromatic N) is 3. The Labute approximate surface area is 158 Å². The van der Waals surface area contributed by atoms with Crippen molar-refractivity contribution in [1.29, 1.82) is 0 Å². The summed E-state index contributed by atoms with van der Waals surface area (Å²) >= 11 is 11.8. The van der Waals surface area contributed by atoms with Crippen LogP contribution in [-0.4, -0.2) is 36.5 Å². The Kier molecular flexibility index (Phi) is 5.68. The summed E-state index contributed by atoms with van der Waals surface area (Å²) in [7, 11) is 0. The molecule has 5 nitrogen and oxygen atoms in total. The third-order valence-corrected chi connectivity index (χ3v) is 4.39. The average Bonchev–Trinajstić information content (AvgIpc) is 3.03. The number of aliphatic imine (C=N–C) groups is 1. The van der Waals surface area contributed by atoms with Gasteiger partial charge in [-0.05, 0) is 23.3 Å². The fourth-order valence-electron chi connectivity index (χ4n) is 2.62. The molecule has 1 aromatic heterocycles. The van der Waals surface area contributed by atoms with E-state index in [9.17, 15) is 13.6 Å². The maximum absolute atomic E-state index is 13.1. The van der Waals surface area contributed by atoms with Gasteiger partial charge in [0.1, 0.15) is 5.15 Å². The van der Waals surface area contributed by atoms with Crippen molar-refractivity contribution in [2.45, 2.75) is 12.8 Å². The number of hydrogen-bond acceptors (Lipinski definition) is 4. The monoisotopic (exact) mass is 399 g/mol. The van der Waals surface area contributed by atoms with E-state index >= 15 is 0 Å². The molecule has 1 aliphatic rings. The van der Waals surface area contributed by atoms with Crippen molar-refractivity contribution < 1.29 is 18.3 Å². The highest BCUT2D eigenvalue weighted by Crippen LogP contribution is 2.27. The van der Waals surface area contributed by atoms with Crippen molar-refractivity contribution >= 4 is 40.8 Å². The zero-order chi connectivity index (χ0) is 18.7. The van der Waals surface area contributed by atoms with E-state index in [4.69, 9.17) is 27.9 Å². The number of hydrogen-bond donors (Lipinski definition) is 0. The molecule has 9 heteroatoms. The highest BCUT2D eigenvalue weighted by Gasteiger charge is 2.26. The molecule has 0 N–H and O–H groups in total. The van der Waals surface area contributed by atoms with Gasteiger partial charge in [0.2, 0.25) is 0 Å². The van der Waals surface area contributed by atoms with Gasteiger partial charge in [-0.2, -0.15) is 4.99 Å². The van der Waals surface area contributed by atoms with Gasteiger partial charge >= 0.3 is 6.09 Å². The Balaban J connectivity index is 1.96. The molecule has 2 heterocycles. The van der Waals surface area contributed by atoms with Gasteiger partial charge in [-0.1, -0.05) is 41.4 Å². The molecule has 3 rings (SSSR count). The van der Waals surface area contributed by atoms with Crippen LogP contribution < -0.4 is 4.90 Å². The van der Waals surface area contributed by atoms with Crippen molar-refractivity contribution in [2.75, 3.05) is 18.1 Å². The summed E-state index contributed by atoms with van der Waals surface area (Å²) in [5.41, 5.74) is 2.02. The SMILES string of the molecule is O=C1N=C(N(CC(F)F)c2ccccc2Cc2cnc(Cl)c(Cl)c2)CO1. The zero-order valence-electron chi connectivity index (χ0n) is 13.3. The second-order valence-electron chi connectivity index (χ2n) is 5.51. The van der Waals surface area contributed by atoms with Crippen molar-refractivity contribution in [3.05, 3.63) is 57.8 Å².